The number of amides is 2. The molecule has 0 atom stereocenters. The van der Waals surface area contributed by atoms with Crippen LogP contribution in [0.25, 0.3) is 0 Å². The Morgan fingerprint density at radius 1 is 0.857 bits per heavy atom. The summed E-state index contributed by atoms with van der Waals surface area (Å²) in [6.45, 7) is 4.41. The summed E-state index contributed by atoms with van der Waals surface area (Å²) in [4.78, 5) is 28.5. The Kier molecular flexibility index (Phi) is 7.06. The zero-order valence-electron chi connectivity index (χ0n) is 16.5. The van der Waals surface area contributed by atoms with Crippen LogP contribution >= 0.6 is 0 Å². The fraction of sp³-hybridized carbons (Fsp3) is 0.391. The lowest BCUT2D eigenvalue weighted by Crippen LogP contribution is -2.51. The van der Waals surface area contributed by atoms with Gasteiger partial charge in [0.2, 0.25) is 5.91 Å². The van der Waals surface area contributed by atoms with E-state index in [1.807, 2.05) is 59.5 Å². The molecule has 0 radical (unpaired) electrons. The van der Waals surface area contributed by atoms with Crippen LogP contribution in [0.3, 0.4) is 0 Å². The van der Waals surface area contributed by atoms with Gasteiger partial charge in [0.25, 0.3) is 5.91 Å². The highest BCUT2D eigenvalue weighted by Gasteiger charge is 2.24. The van der Waals surface area contributed by atoms with Crippen LogP contribution in [-0.4, -0.2) is 54.4 Å². The molecule has 2 aromatic rings. The summed E-state index contributed by atoms with van der Waals surface area (Å²) >= 11 is 0. The highest BCUT2D eigenvalue weighted by molar-refractivity contribution is 5.79. The second-order valence-electron chi connectivity index (χ2n) is 7.00. The topological polar surface area (TPSA) is 49.9 Å². The van der Waals surface area contributed by atoms with E-state index in [0.717, 1.165) is 24.2 Å². The number of para-hydroxylation sites is 1. The summed E-state index contributed by atoms with van der Waals surface area (Å²) in [7, 11) is 0. The van der Waals surface area contributed by atoms with E-state index in [1.165, 1.54) is 5.56 Å². The fourth-order valence-electron chi connectivity index (χ4n) is 3.43. The predicted molar refractivity (Wildman–Crippen MR) is 109 cm³/mol. The number of nitrogens with zero attached hydrogens (tertiary/aromatic N) is 2. The van der Waals surface area contributed by atoms with Crippen molar-refractivity contribution in [1.82, 2.24) is 9.80 Å². The lowest BCUT2D eigenvalue weighted by molar-refractivity contribution is -0.140. The molecular weight excluding hydrogens is 352 g/mol. The first kappa shape index (κ1) is 19.9. The summed E-state index contributed by atoms with van der Waals surface area (Å²) in [6, 6.07) is 17.8. The third-order valence-corrected chi connectivity index (χ3v) is 5.16. The van der Waals surface area contributed by atoms with Gasteiger partial charge < -0.3 is 14.5 Å². The van der Waals surface area contributed by atoms with Crippen LogP contribution in [0.4, 0.5) is 0 Å². The number of hydrogen-bond acceptors (Lipinski definition) is 3. The largest absolute Gasteiger partial charge is 0.483 e. The molecule has 3 rings (SSSR count). The van der Waals surface area contributed by atoms with Crippen molar-refractivity contribution in [3.63, 3.8) is 0 Å². The second-order valence-corrected chi connectivity index (χ2v) is 7.00. The lowest BCUT2D eigenvalue weighted by Gasteiger charge is -2.34. The molecule has 1 aliphatic heterocycles. The van der Waals surface area contributed by atoms with Crippen LogP contribution in [-0.2, 0) is 22.4 Å². The summed E-state index contributed by atoms with van der Waals surface area (Å²) in [5.41, 5.74) is 2.28. The molecular formula is C23H28N2O3. The molecule has 1 aliphatic rings. The summed E-state index contributed by atoms with van der Waals surface area (Å²) < 4.78 is 5.73. The average Bonchev–Trinajstić information content (AvgIpc) is 2.76. The van der Waals surface area contributed by atoms with Gasteiger partial charge in [0.1, 0.15) is 5.75 Å². The molecule has 1 fully saturated rings. The van der Waals surface area contributed by atoms with E-state index in [9.17, 15) is 9.59 Å². The molecule has 0 bridgehead atoms. The van der Waals surface area contributed by atoms with Crippen LogP contribution < -0.4 is 4.74 Å². The van der Waals surface area contributed by atoms with E-state index >= 15 is 0 Å². The van der Waals surface area contributed by atoms with E-state index in [-0.39, 0.29) is 18.4 Å². The van der Waals surface area contributed by atoms with Crippen molar-refractivity contribution in [2.24, 2.45) is 0 Å². The molecule has 1 heterocycles. The Hall–Kier alpha value is -2.82. The molecule has 0 aliphatic carbocycles. The molecule has 5 nitrogen and oxygen atoms in total. The van der Waals surface area contributed by atoms with Crippen LogP contribution in [0.1, 0.15) is 24.5 Å². The number of benzene rings is 2. The maximum Gasteiger partial charge on any atom is 0.260 e. The predicted octanol–water partition coefficient (Wildman–Crippen LogP) is 2.93. The van der Waals surface area contributed by atoms with Crippen LogP contribution in [0.15, 0.2) is 54.6 Å². The Morgan fingerprint density at radius 2 is 1.46 bits per heavy atom. The molecule has 0 spiro atoms. The van der Waals surface area contributed by atoms with Crippen LogP contribution in [0.2, 0.25) is 0 Å². The van der Waals surface area contributed by atoms with Gasteiger partial charge in [0, 0.05) is 32.6 Å². The highest BCUT2D eigenvalue weighted by atomic mass is 16.5. The number of ether oxygens (including phenoxy) is 1. The second kappa shape index (κ2) is 9.93. The Labute approximate surface area is 166 Å². The SMILES string of the molecule is CCc1ccccc1OCC(=O)N1CCN(C(=O)CCc2ccccc2)CC1. The van der Waals surface area contributed by atoms with Gasteiger partial charge >= 0.3 is 0 Å². The van der Waals surface area contributed by atoms with E-state index in [4.69, 9.17) is 4.74 Å². The molecule has 0 aromatic heterocycles. The van der Waals surface area contributed by atoms with Crippen molar-refractivity contribution in [3.05, 3.63) is 65.7 Å². The number of hydrogen-bond donors (Lipinski definition) is 0. The average molecular weight is 380 g/mol. The molecule has 5 heteroatoms. The highest BCUT2D eigenvalue weighted by Crippen LogP contribution is 2.18. The molecule has 1 saturated heterocycles. The van der Waals surface area contributed by atoms with Crippen LogP contribution in [0.5, 0.6) is 5.75 Å². The van der Waals surface area contributed by atoms with Gasteiger partial charge in [-0.05, 0) is 30.0 Å². The first-order valence-electron chi connectivity index (χ1n) is 9.97. The zero-order chi connectivity index (χ0) is 19.8. The first-order valence-corrected chi connectivity index (χ1v) is 9.97. The van der Waals surface area contributed by atoms with Gasteiger partial charge in [-0.3, -0.25) is 9.59 Å². The van der Waals surface area contributed by atoms with E-state index in [1.54, 1.807) is 4.90 Å². The monoisotopic (exact) mass is 380 g/mol. The van der Waals surface area contributed by atoms with Gasteiger partial charge in [-0.15, -0.1) is 0 Å². The fourth-order valence-corrected chi connectivity index (χ4v) is 3.43. The third kappa shape index (κ3) is 5.35. The maximum absolute atomic E-state index is 12.5. The molecule has 0 saturated carbocycles. The minimum absolute atomic E-state index is 0.0257. The van der Waals surface area contributed by atoms with Gasteiger partial charge in [-0.1, -0.05) is 55.5 Å². The minimum Gasteiger partial charge on any atom is -0.483 e. The zero-order valence-corrected chi connectivity index (χ0v) is 16.5. The van der Waals surface area contributed by atoms with Crippen molar-refractivity contribution >= 4 is 11.8 Å². The molecule has 2 amide bonds. The normalized spacial score (nSPS) is 14.0. The van der Waals surface area contributed by atoms with E-state index in [0.29, 0.717) is 32.6 Å². The third-order valence-electron chi connectivity index (χ3n) is 5.16. The van der Waals surface area contributed by atoms with Gasteiger partial charge in [0.15, 0.2) is 6.61 Å². The number of carbonyl (C=O) groups is 2. The standard InChI is InChI=1S/C23H28N2O3/c1-2-20-10-6-7-11-21(20)28-18-23(27)25-16-14-24(15-17-25)22(26)13-12-19-8-4-3-5-9-19/h3-11H,2,12-18H2,1H3. The van der Waals surface area contributed by atoms with Gasteiger partial charge in [-0.25, -0.2) is 0 Å². The Balaban J connectivity index is 1.41. The number of rotatable bonds is 7. The lowest BCUT2D eigenvalue weighted by atomic mass is 10.1. The number of aryl methyl sites for hydroxylation is 2. The number of piperazine rings is 1. The maximum atomic E-state index is 12.5. The Bertz CT molecular complexity index is 783. The van der Waals surface area contributed by atoms with E-state index < -0.39 is 0 Å². The quantitative estimate of drug-likeness (QED) is 0.742. The van der Waals surface area contributed by atoms with Gasteiger partial charge in [0.05, 0.1) is 0 Å². The smallest absolute Gasteiger partial charge is 0.260 e. The summed E-state index contributed by atoms with van der Waals surface area (Å²) in [6.07, 6.45) is 2.13. The van der Waals surface area contributed by atoms with Crippen LogP contribution in [0, 0.1) is 0 Å². The first-order chi connectivity index (χ1) is 13.7. The summed E-state index contributed by atoms with van der Waals surface area (Å²) in [5.74, 6) is 0.902. The van der Waals surface area contributed by atoms with Crippen molar-refractivity contribution in [2.75, 3.05) is 32.8 Å². The van der Waals surface area contributed by atoms with Crippen molar-refractivity contribution in [2.45, 2.75) is 26.2 Å². The number of carbonyl (C=O) groups excluding carboxylic acids is 2. The van der Waals surface area contributed by atoms with Gasteiger partial charge in [-0.2, -0.15) is 0 Å². The molecule has 28 heavy (non-hydrogen) atoms. The Morgan fingerprint density at radius 3 is 2.14 bits per heavy atom. The summed E-state index contributed by atoms with van der Waals surface area (Å²) in [5, 5.41) is 0. The van der Waals surface area contributed by atoms with Crippen molar-refractivity contribution in [3.8, 4) is 5.75 Å². The van der Waals surface area contributed by atoms with Crippen molar-refractivity contribution < 1.29 is 14.3 Å². The van der Waals surface area contributed by atoms with E-state index in [2.05, 4.69) is 6.92 Å². The molecule has 148 valence electrons. The minimum atomic E-state index is -0.0257. The molecule has 0 N–H and O–H groups in total. The molecule has 2 aromatic carbocycles. The molecule has 0 unspecified atom stereocenters. The van der Waals surface area contributed by atoms with Crippen molar-refractivity contribution in [1.29, 1.82) is 0 Å².